The molecule has 0 aromatic heterocycles. The lowest BCUT2D eigenvalue weighted by Crippen LogP contribution is -2.30. The van der Waals surface area contributed by atoms with Crippen molar-refractivity contribution in [1.82, 2.24) is 10.2 Å². The van der Waals surface area contributed by atoms with Crippen LogP contribution in [0.5, 0.6) is 0 Å². The van der Waals surface area contributed by atoms with Gasteiger partial charge < -0.3 is 10.2 Å². The zero-order valence-corrected chi connectivity index (χ0v) is 8.27. The highest BCUT2D eigenvalue weighted by atomic mass is 15.2. The SMILES string of the molecule is CCCN(CCC)C1=CCCN1. The summed E-state index contributed by atoms with van der Waals surface area (Å²) in [5, 5.41) is 3.41. The van der Waals surface area contributed by atoms with Gasteiger partial charge >= 0.3 is 0 Å². The third kappa shape index (κ3) is 2.43. The molecular weight excluding hydrogens is 148 g/mol. The molecule has 0 fully saturated rings. The van der Waals surface area contributed by atoms with Crippen molar-refractivity contribution in [1.29, 1.82) is 0 Å². The number of nitrogens with zero attached hydrogens (tertiary/aromatic N) is 1. The molecule has 0 bridgehead atoms. The van der Waals surface area contributed by atoms with Gasteiger partial charge in [-0.25, -0.2) is 0 Å². The summed E-state index contributed by atoms with van der Waals surface area (Å²) >= 11 is 0. The van der Waals surface area contributed by atoms with E-state index in [0.717, 1.165) is 6.54 Å². The maximum absolute atomic E-state index is 3.41. The monoisotopic (exact) mass is 168 g/mol. The Morgan fingerprint density at radius 1 is 1.33 bits per heavy atom. The number of hydrogen-bond donors (Lipinski definition) is 1. The minimum atomic E-state index is 1.12. The minimum Gasteiger partial charge on any atom is -0.372 e. The van der Waals surface area contributed by atoms with Crippen LogP contribution in [0.3, 0.4) is 0 Å². The van der Waals surface area contributed by atoms with Gasteiger partial charge in [-0.05, 0) is 25.3 Å². The zero-order chi connectivity index (χ0) is 8.81. The van der Waals surface area contributed by atoms with Crippen LogP contribution in [0.25, 0.3) is 0 Å². The lowest BCUT2D eigenvalue weighted by atomic mass is 10.3. The molecule has 0 saturated heterocycles. The molecule has 2 nitrogen and oxygen atoms in total. The van der Waals surface area contributed by atoms with Crippen LogP contribution in [0.2, 0.25) is 0 Å². The molecule has 0 radical (unpaired) electrons. The lowest BCUT2D eigenvalue weighted by Gasteiger charge is -2.24. The molecule has 12 heavy (non-hydrogen) atoms. The highest BCUT2D eigenvalue weighted by Crippen LogP contribution is 2.08. The topological polar surface area (TPSA) is 15.3 Å². The Morgan fingerprint density at radius 3 is 2.42 bits per heavy atom. The van der Waals surface area contributed by atoms with E-state index in [1.807, 2.05) is 0 Å². The van der Waals surface area contributed by atoms with E-state index in [4.69, 9.17) is 0 Å². The first kappa shape index (κ1) is 9.43. The Morgan fingerprint density at radius 2 is 2.00 bits per heavy atom. The van der Waals surface area contributed by atoms with Crippen molar-refractivity contribution in [2.45, 2.75) is 33.1 Å². The number of nitrogens with one attached hydrogen (secondary N) is 1. The van der Waals surface area contributed by atoms with Gasteiger partial charge in [-0.1, -0.05) is 13.8 Å². The highest BCUT2D eigenvalue weighted by molar-refractivity contribution is 5.04. The Hall–Kier alpha value is -0.660. The average molecular weight is 168 g/mol. The molecule has 0 aromatic carbocycles. The third-order valence-corrected chi connectivity index (χ3v) is 2.12. The van der Waals surface area contributed by atoms with Crippen molar-refractivity contribution in [3.05, 3.63) is 11.9 Å². The molecule has 1 heterocycles. The summed E-state index contributed by atoms with van der Waals surface area (Å²) in [6, 6.07) is 0. The van der Waals surface area contributed by atoms with Gasteiger partial charge in [-0.2, -0.15) is 0 Å². The Labute approximate surface area is 75.6 Å². The number of hydrogen-bond acceptors (Lipinski definition) is 2. The maximum atomic E-state index is 3.41. The van der Waals surface area contributed by atoms with Crippen molar-refractivity contribution in [2.24, 2.45) is 0 Å². The normalized spacial score (nSPS) is 15.7. The Balaban J connectivity index is 2.40. The molecule has 1 rings (SSSR count). The summed E-state index contributed by atoms with van der Waals surface area (Å²) in [5.41, 5.74) is 0. The second-order valence-corrected chi connectivity index (χ2v) is 3.29. The van der Waals surface area contributed by atoms with Crippen LogP contribution in [0, 0.1) is 0 Å². The molecule has 1 N–H and O–H groups in total. The molecule has 2 heteroatoms. The molecule has 0 spiro atoms. The van der Waals surface area contributed by atoms with E-state index in [1.54, 1.807) is 0 Å². The molecule has 0 aliphatic carbocycles. The smallest absolute Gasteiger partial charge is 0.0972 e. The fourth-order valence-corrected chi connectivity index (χ4v) is 1.61. The van der Waals surface area contributed by atoms with Gasteiger partial charge in [0.2, 0.25) is 0 Å². The van der Waals surface area contributed by atoms with Crippen molar-refractivity contribution >= 4 is 0 Å². The molecule has 70 valence electrons. The molecule has 0 saturated carbocycles. The predicted octanol–water partition coefficient (Wildman–Crippen LogP) is 1.94. The second kappa shape index (κ2) is 5.07. The first-order chi connectivity index (χ1) is 5.88. The fraction of sp³-hybridized carbons (Fsp3) is 0.800. The first-order valence-corrected chi connectivity index (χ1v) is 5.07. The van der Waals surface area contributed by atoms with E-state index in [1.165, 1.54) is 38.2 Å². The fourth-order valence-electron chi connectivity index (χ4n) is 1.61. The molecule has 1 aliphatic rings. The van der Waals surface area contributed by atoms with Crippen molar-refractivity contribution in [2.75, 3.05) is 19.6 Å². The van der Waals surface area contributed by atoms with Crippen LogP contribution in [-0.2, 0) is 0 Å². The van der Waals surface area contributed by atoms with E-state index in [9.17, 15) is 0 Å². The van der Waals surface area contributed by atoms with Crippen molar-refractivity contribution < 1.29 is 0 Å². The van der Waals surface area contributed by atoms with Crippen LogP contribution >= 0.6 is 0 Å². The van der Waals surface area contributed by atoms with Crippen LogP contribution in [0.1, 0.15) is 33.1 Å². The van der Waals surface area contributed by atoms with Crippen molar-refractivity contribution in [3.63, 3.8) is 0 Å². The van der Waals surface area contributed by atoms with Gasteiger partial charge in [-0.15, -0.1) is 0 Å². The van der Waals surface area contributed by atoms with Gasteiger partial charge in [0.05, 0.1) is 5.82 Å². The summed E-state index contributed by atoms with van der Waals surface area (Å²) in [4.78, 5) is 2.45. The Kier molecular flexibility index (Phi) is 3.98. The average Bonchev–Trinajstić information content (AvgIpc) is 2.56. The summed E-state index contributed by atoms with van der Waals surface area (Å²) in [6.45, 7) is 7.97. The maximum Gasteiger partial charge on any atom is 0.0972 e. The van der Waals surface area contributed by atoms with Crippen LogP contribution in [0.4, 0.5) is 0 Å². The molecule has 0 amide bonds. The first-order valence-electron chi connectivity index (χ1n) is 5.07. The van der Waals surface area contributed by atoms with Crippen LogP contribution in [-0.4, -0.2) is 24.5 Å². The molecule has 0 atom stereocenters. The predicted molar refractivity (Wildman–Crippen MR) is 52.9 cm³/mol. The molecular formula is C10H20N2. The lowest BCUT2D eigenvalue weighted by molar-refractivity contribution is 0.327. The van der Waals surface area contributed by atoms with Gasteiger partial charge in [0.15, 0.2) is 0 Å². The van der Waals surface area contributed by atoms with Crippen molar-refractivity contribution in [3.8, 4) is 0 Å². The summed E-state index contributed by atoms with van der Waals surface area (Å²) in [7, 11) is 0. The van der Waals surface area contributed by atoms with Gasteiger partial charge in [0.25, 0.3) is 0 Å². The summed E-state index contributed by atoms with van der Waals surface area (Å²) in [6.07, 6.45) is 5.97. The van der Waals surface area contributed by atoms with E-state index >= 15 is 0 Å². The third-order valence-electron chi connectivity index (χ3n) is 2.12. The molecule has 0 unspecified atom stereocenters. The number of rotatable bonds is 5. The van der Waals surface area contributed by atoms with Gasteiger partial charge in [-0.3, -0.25) is 0 Å². The summed E-state index contributed by atoms with van der Waals surface area (Å²) < 4.78 is 0. The van der Waals surface area contributed by atoms with E-state index in [-0.39, 0.29) is 0 Å². The quantitative estimate of drug-likeness (QED) is 0.675. The van der Waals surface area contributed by atoms with E-state index < -0.39 is 0 Å². The van der Waals surface area contributed by atoms with E-state index in [2.05, 4.69) is 30.1 Å². The largest absolute Gasteiger partial charge is 0.372 e. The second-order valence-electron chi connectivity index (χ2n) is 3.29. The highest BCUT2D eigenvalue weighted by Gasteiger charge is 2.09. The zero-order valence-electron chi connectivity index (χ0n) is 8.27. The molecule has 1 aliphatic heterocycles. The van der Waals surface area contributed by atoms with Crippen LogP contribution in [0.15, 0.2) is 11.9 Å². The van der Waals surface area contributed by atoms with Gasteiger partial charge in [0.1, 0.15) is 0 Å². The van der Waals surface area contributed by atoms with Gasteiger partial charge in [0, 0.05) is 19.6 Å². The minimum absolute atomic E-state index is 1.12. The summed E-state index contributed by atoms with van der Waals surface area (Å²) in [5.74, 6) is 1.36. The standard InChI is InChI=1S/C10H20N2/c1-3-8-12(9-4-2)10-6-5-7-11-10/h6,11H,3-5,7-9H2,1-2H3. The molecule has 0 aromatic rings. The Bertz CT molecular complexity index is 146. The van der Waals surface area contributed by atoms with Crippen LogP contribution < -0.4 is 5.32 Å². The van der Waals surface area contributed by atoms with E-state index in [0.29, 0.717) is 0 Å².